The highest BCUT2D eigenvalue weighted by Crippen LogP contribution is 2.27. The maximum absolute atomic E-state index is 9.81. The van der Waals surface area contributed by atoms with Crippen LogP contribution in [0.25, 0.3) is 17.0 Å². The lowest BCUT2D eigenvalue weighted by Gasteiger charge is -2.02. The highest BCUT2D eigenvalue weighted by molar-refractivity contribution is 9.10. The van der Waals surface area contributed by atoms with E-state index in [2.05, 4.69) is 26.1 Å². The van der Waals surface area contributed by atoms with E-state index in [9.17, 15) is 5.11 Å². The van der Waals surface area contributed by atoms with Crippen LogP contribution >= 0.6 is 15.9 Å². The molecule has 3 rings (SSSR count). The summed E-state index contributed by atoms with van der Waals surface area (Å²) in [6, 6.07) is 10.9. The number of nitrogens with zero attached hydrogens (tertiary/aromatic N) is 3. The van der Waals surface area contributed by atoms with E-state index in [0.29, 0.717) is 11.4 Å². The number of rotatable bonds is 1. The molecule has 0 radical (unpaired) electrons. The van der Waals surface area contributed by atoms with Gasteiger partial charge in [-0.2, -0.15) is 0 Å². The number of para-hydroxylation sites is 1. The summed E-state index contributed by atoms with van der Waals surface area (Å²) in [7, 11) is 0. The van der Waals surface area contributed by atoms with Crippen molar-refractivity contribution in [2.75, 3.05) is 0 Å². The highest BCUT2D eigenvalue weighted by Gasteiger charge is 2.11. The molecule has 0 amide bonds. The Morgan fingerprint density at radius 3 is 2.76 bits per heavy atom. The van der Waals surface area contributed by atoms with Gasteiger partial charge in [0.15, 0.2) is 11.5 Å². The molecule has 0 saturated carbocycles. The van der Waals surface area contributed by atoms with Gasteiger partial charge in [0.25, 0.3) is 0 Å². The van der Waals surface area contributed by atoms with Gasteiger partial charge in [0.2, 0.25) is 0 Å². The SMILES string of the molecule is Oc1ccccc1-c1nnc2cc(Br)ccn12. The molecular weight excluding hydrogens is 282 g/mol. The zero-order valence-corrected chi connectivity index (χ0v) is 10.3. The number of halogens is 1. The zero-order chi connectivity index (χ0) is 11.8. The van der Waals surface area contributed by atoms with Crippen molar-refractivity contribution in [2.45, 2.75) is 0 Å². The van der Waals surface area contributed by atoms with Crippen LogP contribution in [-0.2, 0) is 0 Å². The van der Waals surface area contributed by atoms with Crippen LogP contribution < -0.4 is 0 Å². The van der Waals surface area contributed by atoms with Crippen molar-refractivity contribution < 1.29 is 5.11 Å². The van der Waals surface area contributed by atoms with Gasteiger partial charge >= 0.3 is 0 Å². The maximum Gasteiger partial charge on any atom is 0.172 e. The fourth-order valence-electron chi connectivity index (χ4n) is 1.71. The minimum atomic E-state index is 0.199. The molecule has 2 heterocycles. The number of hydrogen-bond donors (Lipinski definition) is 1. The zero-order valence-electron chi connectivity index (χ0n) is 8.71. The third kappa shape index (κ3) is 1.68. The van der Waals surface area contributed by atoms with Crippen LogP contribution in [0.4, 0.5) is 0 Å². The second-order valence-corrected chi connectivity index (χ2v) is 4.53. The summed E-state index contributed by atoms with van der Waals surface area (Å²) in [4.78, 5) is 0. The Morgan fingerprint density at radius 2 is 1.94 bits per heavy atom. The lowest BCUT2D eigenvalue weighted by atomic mass is 10.2. The van der Waals surface area contributed by atoms with Crippen molar-refractivity contribution in [2.24, 2.45) is 0 Å². The van der Waals surface area contributed by atoms with E-state index in [-0.39, 0.29) is 5.75 Å². The minimum Gasteiger partial charge on any atom is -0.507 e. The Labute approximate surface area is 106 Å². The first-order valence-corrected chi connectivity index (χ1v) is 5.83. The van der Waals surface area contributed by atoms with Crippen LogP contribution in [0.15, 0.2) is 47.1 Å². The summed E-state index contributed by atoms with van der Waals surface area (Å²) in [5, 5.41) is 18.0. The molecule has 2 aromatic heterocycles. The van der Waals surface area contributed by atoms with Gasteiger partial charge in [-0.1, -0.05) is 28.1 Å². The molecule has 5 heteroatoms. The van der Waals surface area contributed by atoms with Gasteiger partial charge in [-0.25, -0.2) is 0 Å². The molecular formula is C12H8BrN3O. The standard InChI is InChI=1S/C12H8BrN3O/c13-8-5-6-16-11(7-8)14-15-12(16)9-3-1-2-4-10(9)17/h1-7,17H. The smallest absolute Gasteiger partial charge is 0.172 e. The molecule has 0 saturated heterocycles. The minimum absolute atomic E-state index is 0.199. The van der Waals surface area contributed by atoms with Gasteiger partial charge < -0.3 is 5.11 Å². The molecule has 0 unspecified atom stereocenters. The molecule has 0 spiro atoms. The van der Waals surface area contributed by atoms with Gasteiger partial charge in [0.1, 0.15) is 5.75 Å². The summed E-state index contributed by atoms with van der Waals surface area (Å²) >= 11 is 3.38. The van der Waals surface area contributed by atoms with E-state index in [4.69, 9.17) is 0 Å². The van der Waals surface area contributed by atoms with Crippen LogP contribution in [0, 0.1) is 0 Å². The molecule has 17 heavy (non-hydrogen) atoms. The predicted molar refractivity (Wildman–Crippen MR) is 67.8 cm³/mol. The van der Waals surface area contributed by atoms with E-state index in [1.54, 1.807) is 12.1 Å². The fraction of sp³-hybridized carbons (Fsp3) is 0. The van der Waals surface area contributed by atoms with E-state index in [1.807, 2.05) is 34.9 Å². The summed E-state index contributed by atoms with van der Waals surface area (Å²) in [5.74, 6) is 0.829. The van der Waals surface area contributed by atoms with Crippen molar-refractivity contribution in [1.29, 1.82) is 0 Å². The Kier molecular flexibility index (Phi) is 2.33. The first-order chi connectivity index (χ1) is 8.25. The molecule has 84 valence electrons. The van der Waals surface area contributed by atoms with Gasteiger partial charge in [-0.3, -0.25) is 4.40 Å². The van der Waals surface area contributed by atoms with Crippen molar-refractivity contribution in [1.82, 2.24) is 14.6 Å². The topological polar surface area (TPSA) is 50.4 Å². The Morgan fingerprint density at radius 1 is 1.12 bits per heavy atom. The van der Waals surface area contributed by atoms with Crippen LogP contribution in [0.3, 0.4) is 0 Å². The second-order valence-electron chi connectivity index (χ2n) is 3.61. The predicted octanol–water partition coefficient (Wildman–Crippen LogP) is 2.86. The van der Waals surface area contributed by atoms with Crippen LogP contribution in [0.1, 0.15) is 0 Å². The third-order valence-corrected chi connectivity index (χ3v) is 3.01. The largest absolute Gasteiger partial charge is 0.507 e. The third-order valence-electron chi connectivity index (χ3n) is 2.52. The average molecular weight is 290 g/mol. The van der Waals surface area contributed by atoms with Crippen molar-refractivity contribution in [3.05, 3.63) is 47.1 Å². The number of hydrogen-bond acceptors (Lipinski definition) is 3. The first kappa shape index (κ1) is 10.3. The number of benzene rings is 1. The lowest BCUT2D eigenvalue weighted by molar-refractivity contribution is 0.477. The Bertz CT molecular complexity index is 693. The molecule has 1 aromatic carbocycles. The van der Waals surface area contributed by atoms with Crippen molar-refractivity contribution in [3.8, 4) is 17.1 Å². The Balaban J connectivity index is 2.29. The lowest BCUT2D eigenvalue weighted by Crippen LogP contribution is -1.89. The van der Waals surface area contributed by atoms with E-state index >= 15 is 0 Å². The average Bonchev–Trinajstić information content (AvgIpc) is 2.72. The molecule has 0 fully saturated rings. The molecule has 0 aliphatic carbocycles. The van der Waals surface area contributed by atoms with Crippen LogP contribution in [0.2, 0.25) is 0 Å². The summed E-state index contributed by atoms with van der Waals surface area (Å²) in [6.07, 6.45) is 1.86. The molecule has 0 aliphatic heterocycles. The summed E-state index contributed by atoms with van der Waals surface area (Å²) < 4.78 is 2.78. The number of aromatic nitrogens is 3. The second kappa shape index (κ2) is 3.85. The number of pyridine rings is 1. The van der Waals surface area contributed by atoms with Gasteiger partial charge in [-0.05, 0) is 24.3 Å². The van der Waals surface area contributed by atoms with E-state index in [1.165, 1.54) is 0 Å². The molecule has 1 N–H and O–H groups in total. The summed E-state index contributed by atoms with van der Waals surface area (Å²) in [5.41, 5.74) is 1.40. The molecule has 0 aliphatic rings. The van der Waals surface area contributed by atoms with Crippen LogP contribution in [0.5, 0.6) is 5.75 Å². The van der Waals surface area contributed by atoms with Gasteiger partial charge in [0.05, 0.1) is 5.56 Å². The Hall–Kier alpha value is -1.88. The molecule has 3 aromatic rings. The molecule has 0 atom stereocenters. The number of aromatic hydroxyl groups is 1. The van der Waals surface area contributed by atoms with E-state index in [0.717, 1.165) is 10.1 Å². The monoisotopic (exact) mass is 289 g/mol. The van der Waals surface area contributed by atoms with Gasteiger partial charge in [0, 0.05) is 10.7 Å². The van der Waals surface area contributed by atoms with Crippen LogP contribution in [-0.4, -0.2) is 19.7 Å². The normalized spacial score (nSPS) is 10.9. The number of phenols is 1. The molecule has 0 bridgehead atoms. The maximum atomic E-state index is 9.81. The number of fused-ring (bicyclic) bond motifs is 1. The van der Waals surface area contributed by atoms with Crippen molar-refractivity contribution >= 4 is 21.6 Å². The number of phenolic OH excluding ortho intramolecular Hbond substituents is 1. The molecule has 4 nitrogen and oxygen atoms in total. The highest BCUT2D eigenvalue weighted by atomic mass is 79.9. The van der Waals surface area contributed by atoms with Gasteiger partial charge in [-0.15, -0.1) is 10.2 Å². The first-order valence-electron chi connectivity index (χ1n) is 5.04. The fourth-order valence-corrected chi connectivity index (χ4v) is 2.04. The van der Waals surface area contributed by atoms with E-state index < -0.39 is 0 Å². The quantitative estimate of drug-likeness (QED) is 0.749. The van der Waals surface area contributed by atoms with Crippen molar-refractivity contribution in [3.63, 3.8) is 0 Å². The summed E-state index contributed by atoms with van der Waals surface area (Å²) in [6.45, 7) is 0.